The summed E-state index contributed by atoms with van der Waals surface area (Å²) in [6, 6.07) is 0. The van der Waals surface area contributed by atoms with Gasteiger partial charge in [0.15, 0.2) is 0 Å². The summed E-state index contributed by atoms with van der Waals surface area (Å²) in [7, 11) is 0. The first-order valence-electron chi connectivity index (χ1n) is 3.74. The molecule has 1 aromatic heterocycles. The first kappa shape index (κ1) is 8.18. The van der Waals surface area contributed by atoms with E-state index in [0.29, 0.717) is 13.2 Å². The standard InChI is InChI=1S/C7H7N3O2S/c11-7-10(2-3-12-7)9-5-6-8-1-4-13-6/h1,4-5H,2-3H2/b9-5+. The summed E-state index contributed by atoms with van der Waals surface area (Å²) in [6.45, 7) is 0.925. The van der Waals surface area contributed by atoms with Crippen molar-refractivity contribution in [2.45, 2.75) is 0 Å². The number of cyclic esters (lactones) is 1. The van der Waals surface area contributed by atoms with E-state index in [-0.39, 0.29) is 0 Å². The molecule has 0 spiro atoms. The fraction of sp³-hybridized carbons (Fsp3) is 0.286. The molecule has 5 nitrogen and oxygen atoms in total. The van der Waals surface area contributed by atoms with Crippen LogP contribution in [-0.4, -0.2) is 35.5 Å². The second-order valence-electron chi connectivity index (χ2n) is 2.35. The molecule has 13 heavy (non-hydrogen) atoms. The van der Waals surface area contributed by atoms with Crippen molar-refractivity contribution in [3.8, 4) is 0 Å². The zero-order chi connectivity index (χ0) is 9.10. The van der Waals surface area contributed by atoms with Gasteiger partial charge >= 0.3 is 6.09 Å². The molecule has 0 unspecified atom stereocenters. The number of hydrogen-bond donors (Lipinski definition) is 0. The van der Waals surface area contributed by atoms with Crippen LogP contribution in [-0.2, 0) is 4.74 Å². The van der Waals surface area contributed by atoms with Gasteiger partial charge < -0.3 is 4.74 Å². The Kier molecular flexibility index (Phi) is 2.22. The summed E-state index contributed by atoms with van der Waals surface area (Å²) >= 11 is 1.47. The Labute approximate surface area is 78.6 Å². The average Bonchev–Trinajstić information content (AvgIpc) is 2.72. The molecule has 6 heteroatoms. The van der Waals surface area contributed by atoms with Gasteiger partial charge in [0.2, 0.25) is 0 Å². The Morgan fingerprint density at radius 1 is 1.77 bits per heavy atom. The van der Waals surface area contributed by atoms with E-state index in [1.807, 2.05) is 5.38 Å². The number of carbonyl (C=O) groups excluding carboxylic acids is 1. The van der Waals surface area contributed by atoms with Crippen LogP contribution in [0.3, 0.4) is 0 Å². The molecule has 1 saturated heterocycles. The number of rotatable bonds is 2. The van der Waals surface area contributed by atoms with E-state index in [2.05, 4.69) is 10.1 Å². The van der Waals surface area contributed by atoms with Crippen LogP contribution in [0.2, 0.25) is 0 Å². The highest BCUT2D eigenvalue weighted by atomic mass is 32.1. The van der Waals surface area contributed by atoms with Gasteiger partial charge in [-0.1, -0.05) is 0 Å². The molecule has 0 saturated carbocycles. The molecule has 1 aliphatic heterocycles. The highest BCUT2D eigenvalue weighted by Gasteiger charge is 2.20. The minimum absolute atomic E-state index is 0.396. The third kappa shape index (κ3) is 1.83. The van der Waals surface area contributed by atoms with Crippen LogP contribution >= 0.6 is 11.3 Å². The summed E-state index contributed by atoms with van der Waals surface area (Å²) in [6.07, 6.45) is 2.85. The smallest absolute Gasteiger partial charge is 0.430 e. The maximum absolute atomic E-state index is 10.9. The minimum Gasteiger partial charge on any atom is -0.446 e. The van der Waals surface area contributed by atoms with Crippen LogP contribution in [0, 0.1) is 0 Å². The van der Waals surface area contributed by atoms with E-state index in [9.17, 15) is 4.79 Å². The van der Waals surface area contributed by atoms with Gasteiger partial charge in [0, 0.05) is 11.6 Å². The van der Waals surface area contributed by atoms with Gasteiger partial charge in [-0.25, -0.2) is 9.78 Å². The number of nitrogens with zero attached hydrogens (tertiary/aromatic N) is 3. The lowest BCUT2D eigenvalue weighted by atomic mass is 10.7. The van der Waals surface area contributed by atoms with E-state index in [4.69, 9.17) is 4.74 Å². The lowest BCUT2D eigenvalue weighted by Crippen LogP contribution is -2.17. The molecular formula is C7H7N3O2S. The van der Waals surface area contributed by atoms with Crippen LogP contribution in [0.1, 0.15) is 5.01 Å². The minimum atomic E-state index is -0.396. The van der Waals surface area contributed by atoms with Gasteiger partial charge in [-0.2, -0.15) is 10.1 Å². The molecule has 2 heterocycles. The highest BCUT2D eigenvalue weighted by Crippen LogP contribution is 2.05. The summed E-state index contributed by atoms with van der Waals surface area (Å²) in [5, 5.41) is 7.84. The second-order valence-corrected chi connectivity index (χ2v) is 3.28. The predicted octanol–water partition coefficient (Wildman–Crippen LogP) is 0.929. The Morgan fingerprint density at radius 3 is 3.31 bits per heavy atom. The Hall–Kier alpha value is -1.43. The summed E-state index contributed by atoms with van der Waals surface area (Å²) < 4.78 is 4.69. The molecule has 68 valence electrons. The fourth-order valence-electron chi connectivity index (χ4n) is 0.907. The topological polar surface area (TPSA) is 54.8 Å². The van der Waals surface area contributed by atoms with E-state index < -0.39 is 6.09 Å². The lowest BCUT2D eigenvalue weighted by molar-refractivity contribution is 0.159. The summed E-state index contributed by atoms with van der Waals surface area (Å²) in [5.41, 5.74) is 0. The highest BCUT2D eigenvalue weighted by molar-refractivity contribution is 7.11. The molecule has 0 radical (unpaired) electrons. The van der Waals surface area contributed by atoms with Gasteiger partial charge in [0.1, 0.15) is 11.6 Å². The number of ether oxygens (including phenoxy) is 1. The molecule has 1 fully saturated rings. The molecule has 0 bridgehead atoms. The Balaban J connectivity index is 2.01. The van der Waals surface area contributed by atoms with E-state index in [1.54, 1.807) is 12.4 Å². The molecule has 0 aromatic carbocycles. The van der Waals surface area contributed by atoms with Gasteiger partial charge in [-0.3, -0.25) is 0 Å². The first-order valence-corrected chi connectivity index (χ1v) is 4.62. The van der Waals surface area contributed by atoms with Gasteiger partial charge in [-0.15, -0.1) is 11.3 Å². The van der Waals surface area contributed by atoms with Crippen LogP contribution in [0.5, 0.6) is 0 Å². The first-order chi connectivity index (χ1) is 6.36. The number of aromatic nitrogens is 1. The van der Waals surface area contributed by atoms with E-state index >= 15 is 0 Å². The Morgan fingerprint density at radius 2 is 2.69 bits per heavy atom. The maximum Gasteiger partial charge on any atom is 0.430 e. The summed E-state index contributed by atoms with van der Waals surface area (Å²) in [5.74, 6) is 0. The SMILES string of the molecule is O=C1OCCN1/N=C/c1nccs1. The second kappa shape index (κ2) is 3.53. The third-order valence-electron chi connectivity index (χ3n) is 1.50. The van der Waals surface area contributed by atoms with Gasteiger partial charge in [-0.05, 0) is 0 Å². The monoisotopic (exact) mass is 197 g/mol. The van der Waals surface area contributed by atoms with Crippen molar-refractivity contribution in [1.29, 1.82) is 0 Å². The number of hydrogen-bond acceptors (Lipinski definition) is 5. The van der Waals surface area contributed by atoms with Crippen LogP contribution in [0.25, 0.3) is 0 Å². The van der Waals surface area contributed by atoms with Crippen molar-refractivity contribution in [3.05, 3.63) is 16.6 Å². The fourth-order valence-corrected chi connectivity index (χ4v) is 1.40. The average molecular weight is 197 g/mol. The molecule has 1 aromatic rings. The molecular weight excluding hydrogens is 190 g/mol. The summed E-state index contributed by atoms with van der Waals surface area (Å²) in [4.78, 5) is 14.9. The third-order valence-corrected chi connectivity index (χ3v) is 2.21. The predicted molar refractivity (Wildman–Crippen MR) is 47.8 cm³/mol. The number of amides is 1. The normalized spacial score (nSPS) is 16.9. The number of hydrazone groups is 1. The zero-order valence-corrected chi connectivity index (χ0v) is 7.53. The van der Waals surface area contributed by atoms with Crippen molar-refractivity contribution >= 4 is 23.6 Å². The van der Waals surface area contributed by atoms with Crippen LogP contribution in [0.15, 0.2) is 16.7 Å². The largest absolute Gasteiger partial charge is 0.446 e. The molecule has 1 aliphatic rings. The van der Waals surface area contributed by atoms with Crippen LogP contribution < -0.4 is 0 Å². The van der Waals surface area contributed by atoms with Crippen molar-refractivity contribution in [2.24, 2.45) is 5.10 Å². The van der Waals surface area contributed by atoms with E-state index in [0.717, 1.165) is 5.01 Å². The van der Waals surface area contributed by atoms with Crippen molar-refractivity contribution in [3.63, 3.8) is 0 Å². The van der Waals surface area contributed by atoms with Crippen molar-refractivity contribution in [2.75, 3.05) is 13.2 Å². The number of carbonyl (C=O) groups is 1. The van der Waals surface area contributed by atoms with Crippen LogP contribution in [0.4, 0.5) is 4.79 Å². The maximum atomic E-state index is 10.9. The zero-order valence-electron chi connectivity index (χ0n) is 6.71. The lowest BCUT2D eigenvalue weighted by Gasteiger charge is -2.01. The molecule has 0 atom stereocenters. The molecule has 1 amide bonds. The quantitative estimate of drug-likeness (QED) is 0.663. The number of thiazole rings is 1. The Bertz CT molecular complexity index is 322. The molecule has 2 rings (SSSR count). The van der Waals surface area contributed by atoms with E-state index in [1.165, 1.54) is 16.3 Å². The van der Waals surface area contributed by atoms with Gasteiger partial charge in [0.05, 0.1) is 12.8 Å². The van der Waals surface area contributed by atoms with Crippen molar-refractivity contribution in [1.82, 2.24) is 9.99 Å². The molecule has 0 N–H and O–H groups in total. The van der Waals surface area contributed by atoms with Gasteiger partial charge in [0.25, 0.3) is 0 Å². The molecule has 0 aliphatic carbocycles. The van der Waals surface area contributed by atoms with Crippen molar-refractivity contribution < 1.29 is 9.53 Å².